The standard InChI is InChI=1S/C12H18N4O2S/c1-18-12(17)9-15-5-7-16(8-6-15)10-3-4-11(19-2)14-13-10/h3-4H,5-9H2,1-2H3. The summed E-state index contributed by atoms with van der Waals surface area (Å²) in [5, 5.41) is 9.28. The van der Waals surface area contributed by atoms with Gasteiger partial charge in [0.25, 0.3) is 0 Å². The Labute approximate surface area is 117 Å². The van der Waals surface area contributed by atoms with Crippen LogP contribution in [0.15, 0.2) is 17.2 Å². The molecule has 1 saturated heterocycles. The van der Waals surface area contributed by atoms with E-state index in [0.29, 0.717) is 6.54 Å². The highest BCUT2D eigenvalue weighted by molar-refractivity contribution is 7.98. The van der Waals surface area contributed by atoms with Gasteiger partial charge < -0.3 is 9.64 Å². The maximum atomic E-state index is 11.2. The van der Waals surface area contributed by atoms with Gasteiger partial charge in [-0.05, 0) is 18.4 Å². The number of aromatic nitrogens is 2. The molecule has 7 heteroatoms. The van der Waals surface area contributed by atoms with Gasteiger partial charge >= 0.3 is 5.97 Å². The lowest BCUT2D eigenvalue weighted by atomic mass is 10.3. The number of carbonyl (C=O) groups is 1. The van der Waals surface area contributed by atoms with E-state index in [2.05, 4.69) is 24.7 Å². The van der Waals surface area contributed by atoms with E-state index >= 15 is 0 Å². The van der Waals surface area contributed by atoms with Crippen LogP contribution in [0.25, 0.3) is 0 Å². The average molecular weight is 282 g/mol. The molecule has 0 saturated carbocycles. The molecule has 0 radical (unpaired) electrons. The Balaban J connectivity index is 1.86. The van der Waals surface area contributed by atoms with Crippen molar-refractivity contribution in [2.45, 2.75) is 5.03 Å². The van der Waals surface area contributed by atoms with Crippen LogP contribution in [0.2, 0.25) is 0 Å². The fraction of sp³-hybridized carbons (Fsp3) is 0.583. The number of thioether (sulfide) groups is 1. The van der Waals surface area contributed by atoms with Gasteiger partial charge in [0, 0.05) is 26.2 Å². The molecule has 1 aliphatic heterocycles. The predicted octanol–water partition coefficient (Wildman–Crippen LogP) is 0.493. The molecule has 0 amide bonds. The molecule has 1 aromatic rings. The Morgan fingerprint density at radius 3 is 2.58 bits per heavy atom. The molecule has 6 nitrogen and oxygen atoms in total. The second kappa shape index (κ2) is 6.72. The number of methoxy groups -OCH3 is 1. The van der Waals surface area contributed by atoms with Gasteiger partial charge in [0.05, 0.1) is 13.7 Å². The summed E-state index contributed by atoms with van der Waals surface area (Å²) < 4.78 is 4.67. The molecular formula is C12H18N4O2S. The minimum absolute atomic E-state index is 0.183. The molecule has 2 rings (SSSR count). The molecule has 1 aromatic heterocycles. The summed E-state index contributed by atoms with van der Waals surface area (Å²) in [6.07, 6.45) is 1.98. The van der Waals surface area contributed by atoms with Crippen molar-refractivity contribution in [1.82, 2.24) is 15.1 Å². The minimum Gasteiger partial charge on any atom is -0.468 e. The van der Waals surface area contributed by atoms with Crippen LogP contribution < -0.4 is 4.90 Å². The van der Waals surface area contributed by atoms with Gasteiger partial charge in [-0.2, -0.15) is 0 Å². The molecule has 0 spiro atoms. The number of hydrogen-bond acceptors (Lipinski definition) is 7. The third-order valence-electron chi connectivity index (χ3n) is 3.11. The highest BCUT2D eigenvalue weighted by Gasteiger charge is 2.20. The smallest absolute Gasteiger partial charge is 0.319 e. The number of anilines is 1. The number of ether oxygens (including phenoxy) is 1. The monoisotopic (exact) mass is 282 g/mol. The van der Waals surface area contributed by atoms with E-state index in [4.69, 9.17) is 0 Å². The number of carbonyl (C=O) groups excluding carboxylic acids is 1. The van der Waals surface area contributed by atoms with Crippen LogP contribution in [0, 0.1) is 0 Å². The second-order valence-electron chi connectivity index (χ2n) is 4.27. The summed E-state index contributed by atoms with van der Waals surface area (Å²) >= 11 is 1.58. The molecule has 104 valence electrons. The number of rotatable bonds is 4. The Morgan fingerprint density at radius 2 is 2.05 bits per heavy atom. The number of esters is 1. The van der Waals surface area contributed by atoms with Gasteiger partial charge in [0.2, 0.25) is 0 Å². The van der Waals surface area contributed by atoms with Crippen LogP contribution in [0.4, 0.5) is 5.82 Å². The van der Waals surface area contributed by atoms with Crippen LogP contribution in [0.1, 0.15) is 0 Å². The lowest BCUT2D eigenvalue weighted by molar-refractivity contribution is -0.142. The lowest BCUT2D eigenvalue weighted by Crippen LogP contribution is -2.48. The summed E-state index contributed by atoms with van der Waals surface area (Å²) in [7, 11) is 1.42. The van der Waals surface area contributed by atoms with Gasteiger partial charge in [-0.3, -0.25) is 9.69 Å². The van der Waals surface area contributed by atoms with Gasteiger partial charge in [-0.15, -0.1) is 22.0 Å². The molecule has 0 unspecified atom stereocenters. The first kappa shape index (κ1) is 14.1. The van der Waals surface area contributed by atoms with E-state index in [0.717, 1.165) is 37.0 Å². The van der Waals surface area contributed by atoms with Gasteiger partial charge in [-0.25, -0.2) is 0 Å². The first-order valence-corrected chi connectivity index (χ1v) is 7.37. The summed E-state index contributed by atoms with van der Waals surface area (Å²) in [6.45, 7) is 3.73. The first-order valence-electron chi connectivity index (χ1n) is 6.15. The lowest BCUT2D eigenvalue weighted by Gasteiger charge is -2.34. The zero-order valence-electron chi connectivity index (χ0n) is 11.2. The number of nitrogens with zero attached hydrogens (tertiary/aromatic N) is 4. The largest absolute Gasteiger partial charge is 0.468 e. The van der Waals surface area contributed by atoms with E-state index in [1.165, 1.54) is 7.11 Å². The summed E-state index contributed by atoms with van der Waals surface area (Å²) in [6, 6.07) is 3.97. The molecule has 0 bridgehead atoms. The predicted molar refractivity (Wildman–Crippen MR) is 74.5 cm³/mol. The molecule has 1 fully saturated rings. The van der Waals surface area contributed by atoms with Crippen LogP contribution >= 0.6 is 11.8 Å². The fourth-order valence-corrected chi connectivity index (χ4v) is 2.30. The van der Waals surface area contributed by atoms with Crippen LogP contribution in [0.5, 0.6) is 0 Å². The summed E-state index contributed by atoms with van der Waals surface area (Å²) in [5.41, 5.74) is 0. The molecule has 0 N–H and O–H groups in total. The third kappa shape index (κ3) is 3.81. The Bertz CT molecular complexity index is 418. The van der Waals surface area contributed by atoms with Crippen molar-refractivity contribution in [3.8, 4) is 0 Å². The van der Waals surface area contributed by atoms with E-state index in [1.54, 1.807) is 11.8 Å². The van der Waals surface area contributed by atoms with Crippen molar-refractivity contribution in [2.24, 2.45) is 0 Å². The number of hydrogen-bond donors (Lipinski definition) is 0. The van der Waals surface area contributed by atoms with Crippen molar-refractivity contribution in [3.05, 3.63) is 12.1 Å². The Kier molecular flexibility index (Phi) is 4.98. The SMILES string of the molecule is COC(=O)CN1CCN(c2ccc(SC)nn2)CC1. The van der Waals surface area contributed by atoms with E-state index in [9.17, 15) is 4.79 Å². The Hall–Kier alpha value is -1.34. The maximum Gasteiger partial charge on any atom is 0.319 e. The highest BCUT2D eigenvalue weighted by atomic mass is 32.2. The highest BCUT2D eigenvalue weighted by Crippen LogP contribution is 2.16. The second-order valence-corrected chi connectivity index (χ2v) is 5.10. The molecule has 19 heavy (non-hydrogen) atoms. The summed E-state index contributed by atoms with van der Waals surface area (Å²) in [4.78, 5) is 15.5. The van der Waals surface area contributed by atoms with Gasteiger partial charge in [0.15, 0.2) is 5.82 Å². The average Bonchev–Trinajstić information content (AvgIpc) is 2.48. The minimum atomic E-state index is -0.183. The van der Waals surface area contributed by atoms with Crippen molar-refractivity contribution in [3.63, 3.8) is 0 Å². The van der Waals surface area contributed by atoms with Crippen molar-refractivity contribution in [1.29, 1.82) is 0 Å². The van der Waals surface area contributed by atoms with Crippen molar-refractivity contribution < 1.29 is 9.53 Å². The zero-order valence-corrected chi connectivity index (χ0v) is 12.0. The number of piperazine rings is 1. The molecule has 0 aromatic carbocycles. The van der Waals surface area contributed by atoms with Crippen LogP contribution in [-0.2, 0) is 9.53 Å². The summed E-state index contributed by atoms with van der Waals surface area (Å²) in [5.74, 6) is 0.716. The molecule has 1 aliphatic rings. The topological polar surface area (TPSA) is 58.6 Å². The van der Waals surface area contributed by atoms with E-state index in [1.807, 2.05) is 18.4 Å². The van der Waals surface area contributed by atoms with Crippen LogP contribution in [0.3, 0.4) is 0 Å². The quantitative estimate of drug-likeness (QED) is 0.588. The maximum absolute atomic E-state index is 11.2. The third-order valence-corrected chi connectivity index (χ3v) is 3.75. The van der Waals surface area contributed by atoms with Crippen molar-refractivity contribution >= 4 is 23.5 Å². The van der Waals surface area contributed by atoms with Gasteiger partial charge in [0.1, 0.15) is 5.03 Å². The molecule has 2 heterocycles. The molecular weight excluding hydrogens is 264 g/mol. The van der Waals surface area contributed by atoms with Gasteiger partial charge in [-0.1, -0.05) is 0 Å². The normalized spacial score (nSPS) is 16.4. The van der Waals surface area contributed by atoms with E-state index < -0.39 is 0 Å². The Morgan fingerprint density at radius 1 is 1.32 bits per heavy atom. The van der Waals surface area contributed by atoms with Crippen molar-refractivity contribution in [2.75, 3.05) is 51.0 Å². The fourth-order valence-electron chi connectivity index (χ4n) is 1.97. The van der Waals surface area contributed by atoms with E-state index in [-0.39, 0.29) is 5.97 Å². The van der Waals surface area contributed by atoms with Crippen LogP contribution in [-0.4, -0.2) is 67.2 Å². The molecule has 0 aliphatic carbocycles. The first-order chi connectivity index (χ1) is 9.22. The molecule has 0 atom stereocenters. The zero-order chi connectivity index (χ0) is 13.7.